The third-order valence-electron chi connectivity index (χ3n) is 4.44. The summed E-state index contributed by atoms with van der Waals surface area (Å²) in [4.78, 5) is 26.0. The molecule has 1 N–H and O–H groups in total. The van der Waals surface area contributed by atoms with Crippen LogP contribution in [-0.2, 0) is 4.79 Å². The largest absolute Gasteiger partial charge is 0.496 e. The van der Waals surface area contributed by atoms with E-state index in [2.05, 4.69) is 0 Å². The third kappa shape index (κ3) is 3.25. The third-order valence-corrected chi connectivity index (χ3v) is 4.44. The van der Waals surface area contributed by atoms with Crippen LogP contribution >= 0.6 is 0 Å². The van der Waals surface area contributed by atoms with Gasteiger partial charge in [0.1, 0.15) is 5.75 Å². The molecule has 0 aliphatic carbocycles. The number of benzene rings is 1. The lowest BCUT2D eigenvalue weighted by atomic mass is 9.82. The minimum absolute atomic E-state index is 0.165. The monoisotopic (exact) mass is 337 g/mol. The fourth-order valence-corrected chi connectivity index (χ4v) is 2.95. The van der Waals surface area contributed by atoms with Crippen molar-refractivity contribution in [2.45, 2.75) is 19.8 Å². The van der Waals surface area contributed by atoms with Crippen molar-refractivity contribution in [3.05, 3.63) is 17.7 Å². The molecule has 1 unspecified atom stereocenters. The summed E-state index contributed by atoms with van der Waals surface area (Å²) in [6.07, 6.45) is 1.19. The number of carbonyl (C=O) groups excluding carboxylic acids is 1. The number of carboxylic acids is 1. The number of piperidine rings is 1. The van der Waals surface area contributed by atoms with Crippen LogP contribution in [0.2, 0.25) is 0 Å². The van der Waals surface area contributed by atoms with Gasteiger partial charge < -0.3 is 24.2 Å². The molecule has 7 heteroatoms. The smallest absolute Gasteiger partial charge is 0.311 e. The summed E-state index contributed by atoms with van der Waals surface area (Å²) in [7, 11) is 4.46. The Balaban J connectivity index is 2.36. The standard InChI is InChI=1S/C17H23NO6/c1-17(16(20)21)6-5-7-18(10-17)15(19)11-8-13(23-3)14(24-4)9-12(11)22-2/h8-9H,5-7,10H2,1-4H3,(H,20,21). The summed E-state index contributed by atoms with van der Waals surface area (Å²) in [6.45, 7) is 2.35. The van der Waals surface area contributed by atoms with E-state index in [1.54, 1.807) is 24.0 Å². The van der Waals surface area contributed by atoms with Gasteiger partial charge in [-0.1, -0.05) is 0 Å². The first-order valence-corrected chi connectivity index (χ1v) is 7.69. The van der Waals surface area contributed by atoms with E-state index in [-0.39, 0.29) is 12.5 Å². The lowest BCUT2D eigenvalue weighted by molar-refractivity contribution is -0.150. The molecule has 1 saturated heterocycles. The second kappa shape index (κ2) is 6.98. The highest BCUT2D eigenvalue weighted by molar-refractivity contribution is 5.98. The molecule has 0 saturated carbocycles. The zero-order chi connectivity index (χ0) is 17.9. The highest BCUT2D eigenvalue weighted by atomic mass is 16.5. The minimum atomic E-state index is -0.933. The number of methoxy groups -OCH3 is 3. The maximum Gasteiger partial charge on any atom is 0.311 e. The number of rotatable bonds is 5. The van der Waals surface area contributed by atoms with Gasteiger partial charge in [-0.3, -0.25) is 9.59 Å². The van der Waals surface area contributed by atoms with Crippen molar-refractivity contribution in [3.8, 4) is 17.2 Å². The van der Waals surface area contributed by atoms with Gasteiger partial charge in [0.15, 0.2) is 11.5 Å². The Hall–Kier alpha value is -2.44. The summed E-state index contributed by atoms with van der Waals surface area (Å²) in [5.41, 5.74) is -0.609. The van der Waals surface area contributed by atoms with Crippen LogP contribution in [0.15, 0.2) is 12.1 Å². The second-order valence-corrected chi connectivity index (χ2v) is 6.10. The molecule has 1 fully saturated rings. The molecule has 132 valence electrons. The Labute approximate surface area is 141 Å². The van der Waals surface area contributed by atoms with Gasteiger partial charge in [-0.15, -0.1) is 0 Å². The van der Waals surface area contributed by atoms with Crippen molar-refractivity contribution in [2.75, 3.05) is 34.4 Å². The van der Waals surface area contributed by atoms with Crippen molar-refractivity contribution in [1.82, 2.24) is 4.90 Å². The van der Waals surface area contributed by atoms with E-state index < -0.39 is 11.4 Å². The fraction of sp³-hybridized carbons (Fsp3) is 0.529. The minimum Gasteiger partial charge on any atom is -0.496 e. The lowest BCUT2D eigenvalue weighted by Crippen LogP contribution is -2.48. The summed E-state index contributed by atoms with van der Waals surface area (Å²) in [5, 5.41) is 9.42. The van der Waals surface area contributed by atoms with Crippen LogP contribution in [0.25, 0.3) is 0 Å². The topological polar surface area (TPSA) is 85.3 Å². The molecular formula is C17H23NO6. The van der Waals surface area contributed by atoms with E-state index in [1.165, 1.54) is 21.3 Å². The van der Waals surface area contributed by atoms with Crippen LogP contribution in [0.4, 0.5) is 0 Å². The Morgan fingerprint density at radius 3 is 2.21 bits per heavy atom. The number of likely N-dealkylation sites (tertiary alicyclic amines) is 1. The van der Waals surface area contributed by atoms with Crippen molar-refractivity contribution in [3.63, 3.8) is 0 Å². The molecule has 1 aliphatic heterocycles. The molecule has 0 spiro atoms. The number of ether oxygens (including phenoxy) is 3. The van der Waals surface area contributed by atoms with E-state index in [9.17, 15) is 14.7 Å². The first-order chi connectivity index (χ1) is 11.4. The number of nitrogens with zero attached hydrogens (tertiary/aromatic N) is 1. The Kier molecular flexibility index (Phi) is 5.21. The molecule has 24 heavy (non-hydrogen) atoms. The Bertz CT molecular complexity index is 644. The van der Waals surface area contributed by atoms with Gasteiger partial charge in [-0.25, -0.2) is 0 Å². The van der Waals surface area contributed by atoms with E-state index >= 15 is 0 Å². The van der Waals surface area contributed by atoms with E-state index in [0.29, 0.717) is 42.2 Å². The van der Waals surface area contributed by atoms with Crippen molar-refractivity contribution >= 4 is 11.9 Å². The number of hydrogen-bond acceptors (Lipinski definition) is 5. The van der Waals surface area contributed by atoms with Crippen LogP contribution < -0.4 is 14.2 Å². The van der Waals surface area contributed by atoms with Crippen molar-refractivity contribution in [2.24, 2.45) is 5.41 Å². The molecule has 1 aliphatic rings. The van der Waals surface area contributed by atoms with Gasteiger partial charge in [-0.05, 0) is 19.8 Å². The second-order valence-electron chi connectivity index (χ2n) is 6.10. The highest BCUT2D eigenvalue weighted by Crippen LogP contribution is 2.37. The molecule has 0 bridgehead atoms. The number of amides is 1. The van der Waals surface area contributed by atoms with Crippen LogP contribution in [-0.4, -0.2) is 56.3 Å². The van der Waals surface area contributed by atoms with Crippen LogP contribution in [0.1, 0.15) is 30.1 Å². The van der Waals surface area contributed by atoms with Gasteiger partial charge in [-0.2, -0.15) is 0 Å². The summed E-state index contributed by atoms with van der Waals surface area (Å²) in [6, 6.07) is 3.15. The number of carboxylic acid groups (broad SMARTS) is 1. The molecule has 0 aromatic heterocycles. The molecule has 1 aromatic carbocycles. The number of hydrogen-bond donors (Lipinski definition) is 1. The number of carbonyl (C=O) groups is 2. The van der Waals surface area contributed by atoms with Gasteiger partial charge in [0, 0.05) is 25.2 Å². The molecule has 1 heterocycles. The van der Waals surface area contributed by atoms with Gasteiger partial charge >= 0.3 is 5.97 Å². The average molecular weight is 337 g/mol. The molecule has 7 nitrogen and oxygen atoms in total. The van der Waals surface area contributed by atoms with Crippen LogP contribution in [0, 0.1) is 5.41 Å². The van der Waals surface area contributed by atoms with Gasteiger partial charge in [0.05, 0.1) is 32.3 Å². The SMILES string of the molecule is COc1cc(OC)c(C(=O)N2CCCC(C)(C(=O)O)C2)cc1OC. The Morgan fingerprint density at radius 2 is 1.67 bits per heavy atom. The summed E-state index contributed by atoms with van der Waals surface area (Å²) >= 11 is 0. The summed E-state index contributed by atoms with van der Waals surface area (Å²) in [5.74, 6) is 0.0686. The van der Waals surface area contributed by atoms with E-state index in [0.717, 1.165) is 0 Å². The molecule has 1 aromatic rings. The summed E-state index contributed by atoms with van der Waals surface area (Å²) < 4.78 is 15.8. The average Bonchev–Trinajstić information content (AvgIpc) is 2.59. The van der Waals surface area contributed by atoms with E-state index in [1.807, 2.05) is 0 Å². The van der Waals surface area contributed by atoms with Gasteiger partial charge in [0.2, 0.25) is 0 Å². The Morgan fingerprint density at radius 1 is 1.08 bits per heavy atom. The zero-order valence-electron chi connectivity index (χ0n) is 14.4. The number of aliphatic carboxylic acids is 1. The highest BCUT2D eigenvalue weighted by Gasteiger charge is 2.40. The van der Waals surface area contributed by atoms with Gasteiger partial charge in [0.25, 0.3) is 5.91 Å². The first kappa shape index (κ1) is 17.9. The molecular weight excluding hydrogens is 314 g/mol. The first-order valence-electron chi connectivity index (χ1n) is 7.69. The zero-order valence-corrected chi connectivity index (χ0v) is 14.4. The van der Waals surface area contributed by atoms with E-state index in [4.69, 9.17) is 14.2 Å². The van der Waals surface area contributed by atoms with Crippen molar-refractivity contribution in [1.29, 1.82) is 0 Å². The van der Waals surface area contributed by atoms with Crippen LogP contribution in [0.5, 0.6) is 17.2 Å². The maximum atomic E-state index is 12.9. The van der Waals surface area contributed by atoms with Crippen molar-refractivity contribution < 1.29 is 28.9 Å². The molecule has 2 rings (SSSR count). The quantitative estimate of drug-likeness (QED) is 0.885. The molecule has 1 atom stereocenters. The lowest BCUT2D eigenvalue weighted by Gasteiger charge is -2.37. The maximum absolute atomic E-state index is 12.9. The predicted molar refractivity (Wildman–Crippen MR) is 87.0 cm³/mol. The normalized spacial score (nSPS) is 20.4. The molecule has 1 amide bonds. The van der Waals surface area contributed by atoms with Crippen LogP contribution in [0.3, 0.4) is 0 Å². The predicted octanol–water partition coefficient (Wildman–Crippen LogP) is 2.04. The fourth-order valence-electron chi connectivity index (χ4n) is 2.95. The molecule has 0 radical (unpaired) electrons.